The van der Waals surface area contributed by atoms with Crippen LogP contribution in [0.4, 0.5) is 20.3 Å². The Bertz CT molecular complexity index is 1100. The number of aryl methyl sites for hydroxylation is 1. The fraction of sp³-hybridized carbons (Fsp3) is 0.263. The van der Waals surface area contributed by atoms with Crippen LogP contribution in [-0.2, 0) is 6.42 Å². The maximum atomic E-state index is 15.4. The molecule has 4 N–H and O–H groups in total. The lowest BCUT2D eigenvalue weighted by Crippen LogP contribution is -2.08. The lowest BCUT2D eigenvalue weighted by Gasteiger charge is -2.15. The van der Waals surface area contributed by atoms with Crippen molar-refractivity contribution in [1.29, 1.82) is 0 Å². The van der Waals surface area contributed by atoms with E-state index in [-0.39, 0.29) is 50.8 Å². The van der Waals surface area contributed by atoms with E-state index in [9.17, 15) is 9.18 Å². The molecule has 0 radical (unpaired) electrons. The molecule has 1 aromatic carbocycles. The number of ether oxygens (including phenoxy) is 1. The molecule has 0 saturated heterocycles. The number of fused-ring (bicyclic) bond motifs is 1. The minimum Gasteiger partial charge on any atom is -0.467 e. The predicted octanol–water partition coefficient (Wildman–Crippen LogP) is 3.22. The molecule has 0 fully saturated rings. The van der Waals surface area contributed by atoms with Crippen LogP contribution in [0, 0.1) is 18.6 Å². The zero-order chi connectivity index (χ0) is 20.6. The van der Waals surface area contributed by atoms with Gasteiger partial charge in [-0.1, -0.05) is 13.3 Å². The summed E-state index contributed by atoms with van der Waals surface area (Å²) in [6.07, 6.45) is 1.62. The molecule has 146 valence electrons. The second kappa shape index (κ2) is 7.34. The van der Waals surface area contributed by atoms with E-state index in [0.29, 0.717) is 24.8 Å². The van der Waals surface area contributed by atoms with Crippen LogP contribution < -0.4 is 16.2 Å². The summed E-state index contributed by atoms with van der Waals surface area (Å²) in [7, 11) is 1.34. The fourth-order valence-electron chi connectivity index (χ4n) is 3.12. The predicted molar refractivity (Wildman–Crippen MR) is 102 cm³/mol. The lowest BCUT2D eigenvalue weighted by molar-refractivity contribution is 0.112. The van der Waals surface area contributed by atoms with Gasteiger partial charge in [-0.15, -0.1) is 0 Å². The normalized spacial score (nSPS) is 11.0. The molecule has 0 spiro atoms. The van der Waals surface area contributed by atoms with Gasteiger partial charge in [0.15, 0.2) is 12.1 Å². The summed E-state index contributed by atoms with van der Waals surface area (Å²) in [5.74, 6) is -1.52. The number of halogens is 2. The minimum atomic E-state index is -0.823. The lowest BCUT2D eigenvalue weighted by atomic mass is 9.97. The number of carbonyl (C=O) groups excluding carboxylic acids is 1. The Morgan fingerprint density at radius 1 is 1.18 bits per heavy atom. The smallest absolute Gasteiger partial charge is 0.318 e. The van der Waals surface area contributed by atoms with Crippen molar-refractivity contribution in [3.8, 4) is 17.3 Å². The molecule has 3 aromatic rings. The number of nitrogen functional groups attached to an aromatic ring is 2. The highest BCUT2D eigenvalue weighted by Gasteiger charge is 2.24. The number of benzene rings is 1. The van der Waals surface area contributed by atoms with Crippen molar-refractivity contribution in [3.05, 3.63) is 34.5 Å². The summed E-state index contributed by atoms with van der Waals surface area (Å²) < 4.78 is 34.6. The maximum Gasteiger partial charge on any atom is 0.318 e. The molecule has 0 unspecified atom stereocenters. The topological polar surface area (TPSA) is 117 Å². The maximum absolute atomic E-state index is 15.4. The third-order valence-electron chi connectivity index (χ3n) is 4.49. The van der Waals surface area contributed by atoms with Gasteiger partial charge in [0.1, 0.15) is 22.8 Å². The molecule has 9 heteroatoms. The zero-order valence-electron chi connectivity index (χ0n) is 15.6. The molecule has 0 bridgehead atoms. The highest BCUT2D eigenvalue weighted by atomic mass is 19.1. The average Bonchev–Trinajstić information content (AvgIpc) is 2.67. The number of nitrogens with two attached hydrogens (primary N) is 2. The minimum absolute atomic E-state index is 0.0168. The second-order valence-electron chi connectivity index (χ2n) is 6.27. The first-order chi connectivity index (χ1) is 13.3. The Morgan fingerprint density at radius 2 is 1.89 bits per heavy atom. The monoisotopic (exact) mass is 387 g/mol. The van der Waals surface area contributed by atoms with Crippen molar-refractivity contribution >= 4 is 28.7 Å². The Hall–Kier alpha value is -3.36. The number of aromatic nitrogens is 3. The molecule has 3 rings (SSSR count). The van der Waals surface area contributed by atoms with Crippen LogP contribution in [-0.4, -0.2) is 28.3 Å². The van der Waals surface area contributed by atoms with Gasteiger partial charge in [-0.3, -0.25) is 4.79 Å². The van der Waals surface area contributed by atoms with E-state index in [2.05, 4.69) is 15.0 Å². The quantitative estimate of drug-likeness (QED) is 0.510. The molecular weight excluding hydrogens is 368 g/mol. The molecule has 7 nitrogen and oxygen atoms in total. The number of aldehydes is 1. The number of nitrogens with zero attached hydrogens (tertiary/aromatic N) is 3. The van der Waals surface area contributed by atoms with Crippen molar-refractivity contribution in [2.24, 2.45) is 0 Å². The van der Waals surface area contributed by atoms with Crippen LogP contribution in [0.15, 0.2) is 6.07 Å². The number of hydrogen-bond donors (Lipinski definition) is 2. The van der Waals surface area contributed by atoms with E-state index in [1.54, 1.807) is 0 Å². The average molecular weight is 387 g/mol. The highest BCUT2D eigenvalue weighted by Crippen LogP contribution is 2.35. The fourth-order valence-corrected chi connectivity index (χ4v) is 3.12. The molecule has 0 aliphatic heterocycles. The van der Waals surface area contributed by atoms with Crippen molar-refractivity contribution in [1.82, 2.24) is 15.0 Å². The van der Waals surface area contributed by atoms with Crippen molar-refractivity contribution < 1.29 is 18.3 Å². The van der Waals surface area contributed by atoms with Gasteiger partial charge in [0, 0.05) is 11.1 Å². The first-order valence-electron chi connectivity index (χ1n) is 8.57. The van der Waals surface area contributed by atoms with Crippen LogP contribution in [0.3, 0.4) is 0 Å². The van der Waals surface area contributed by atoms with Gasteiger partial charge in [-0.25, -0.2) is 13.8 Å². The Balaban J connectivity index is 2.46. The van der Waals surface area contributed by atoms with Crippen LogP contribution in [0.5, 0.6) is 6.01 Å². The number of hydrogen-bond acceptors (Lipinski definition) is 7. The van der Waals surface area contributed by atoms with Crippen LogP contribution >= 0.6 is 0 Å². The van der Waals surface area contributed by atoms with E-state index in [1.807, 2.05) is 6.92 Å². The van der Waals surface area contributed by atoms with E-state index in [1.165, 1.54) is 20.1 Å². The largest absolute Gasteiger partial charge is 0.467 e. The van der Waals surface area contributed by atoms with Gasteiger partial charge in [0.05, 0.1) is 23.9 Å². The highest BCUT2D eigenvalue weighted by molar-refractivity contribution is 5.96. The summed E-state index contributed by atoms with van der Waals surface area (Å²) in [5.41, 5.74) is 11.8. The van der Waals surface area contributed by atoms with Crippen LogP contribution in [0.2, 0.25) is 0 Å². The van der Waals surface area contributed by atoms with Gasteiger partial charge < -0.3 is 16.2 Å². The molecular formula is C19H19F2N5O2. The van der Waals surface area contributed by atoms with Crippen molar-refractivity contribution in [3.63, 3.8) is 0 Å². The molecule has 0 aliphatic rings. The van der Waals surface area contributed by atoms with Gasteiger partial charge in [0.2, 0.25) is 0 Å². The third-order valence-corrected chi connectivity index (χ3v) is 4.49. The van der Waals surface area contributed by atoms with Crippen LogP contribution in [0.25, 0.3) is 22.2 Å². The Labute approximate surface area is 159 Å². The molecule has 0 amide bonds. The number of methoxy groups -OCH3 is 1. The van der Waals surface area contributed by atoms with E-state index in [0.717, 1.165) is 0 Å². The molecule has 28 heavy (non-hydrogen) atoms. The van der Waals surface area contributed by atoms with E-state index in [4.69, 9.17) is 16.2 Å². The van der Waals surface area contributed by atoms with Crippen molar-refractivity contribution in [2.75, 3.05) is 18.6 Å². The van der Waals surface area contributed by atoms with Gasteiger partial charge in [0.25, 0.3) is 0 Å². The van der Waals surface area contributed by atoms with E-state index < -0.39 is 11.6 Å². The summed E-state index contributed by atoms with van der Waals surface area (Å²) in [4.78, 5) is 24.1. The second-order valence-corrected chi connectivity index (χ2v) is 6.27. The number of pyridine rings is 1. The number of anilines is 2. The summed E-state index contributed by atoms with van der Waals surface area (Å²) >= 11 is 0. The van der Waals surface area contributed by atoms with Gasteiger partial charge >= 0.3 is 6.01 Å². The summed E-state index contributed by atoms with van der Waals surface area (Å²) in [5, 5.41) is 0.281. The third kappa shape index (κ3) is 2.98. The number of rotatable bonds is 5. The van der Waals surface area contributed by atoms with Crippen LogP contribution in [0.1, 0.15) is 35.0 Å². The standard InChI is InChI=1S/C19H19F2N5O2/c1-4-5-12-13-17(25-19(28-3)26-18(13)23)15(21)16(24-12)9-6-11(22)14(20)8(2)10(9)7-27/h6-7H,4-5,22H2,1-3H3,(H2,23,25,26). The SMILES string of the molecule is CCCc1nc(-c2cc(N)c(F)c(C)c2C=O)c(F)c2nc(OC)nc(N)c12. The summed E-state index contributed by atoms with van der Waals surface area (Å²) in [6, 6.07) is 1.09. The molecule has 0 aliphatic carbocycles. The Kier molecular flexibility index (Phi) is 5.08. The first kappa shape index (κ1) is 19.4. The van der Waals surface area contributed by atoms with Gasteiger partial charge in [-0.2, -0.15) is 9.97 Å². The van der Waals surface area contributed by atoms with Crippen molar-refractivity contribution in [2.45, 2.75) is 26.7 Å². The zero-order valence-corrected chi connectivity index (χ0v) is 15.6. The van der Waals surface area contributed by atoms with E-state index >= 15 is 4.39 Å². The first-order valence-corrected chi connectivity index (χ1v) is 8.57. The molecule has 2 aromatic heterocycles. The van der Waals surface area contributed by atoms with Gasteiger partial charge in [-0.05, 0) is 25.0 Å². The summed E-state index contributed by atoms with van der Waals surface area (Å²) in [6.45, 7) is 3.32. The molecule has 0 atom stereocenters. The Morgan fingerprint density at radius 3 is 2.50 bits per heavy atom. The number of carbonyl (C=O) groups is 1. The molecule has 2 heterocycles. The molecule has 0 saturated carbocycles.